The Hall–Kier alpha value is -0.870. The molecule has 5 heteroatoms. The molecule has 2 aliphatic carbocycles. The molecule has 3 fully saturated rings. The van der Waals surface area contributed by atoms with Gasteiger partial charge in [-0.1, -0.05) is 11.6 Å². The molecule has 108 valence electrons. The van der Waals surface area contributed by atoms with E-state index in [0.717, 1.165) is 24.7 Å². The quantitative estimate of drug-likeness (QED) is 0.868. The minimum absolute atomic E-state index is 0.446. The second-order valence-corrected chi connectivity index (χ2v) is 6.64. The Morgan fingerprint density at radius 2 is 2.05 bits per heavy atom. The number of nitrogens with zero attached hydrogens (tertiary/aromatic N) is 2. The van der Waals surface area contributed by atoms with Crippen molar-refractivity contribution in [3.05, 3.63) is 17.0 Å². The molecule has 20 heavy (non-hydrogen) atoms. The molecule has 0 spiro atoms. The molecule has 0 bridgehead atoms. The number of anilines is 1. The van der Waals surface area contributed by atoms with Gasteiger partial charge >= 0.3 is 0 Å². The zero-order valence-corrected chi connectivity index (χ0v) is 12.3. The fourth-order valence-electron chi connectivity index (χ4n) is 3.58. The van der Waals surface area contributed by atoms with E-state index in [4.69, 9.17) is 16.3 Å². The Labute approximate surface area is 124 Å². The Morgan fingerprint density at radius 3 is 2.90 bits per heavy atom. The van der Waals surface area contributed by atoms with Crippen molar-refractivity contribution in [3.8, 4) is 0 Å². The average molecular weight is 294 g/mol. The molecular weight excluding hydrogens is 274 g/mol. The summed E-state index contributed by atoms with van der Waals surface area (Å²) in [6.07, 6.45) is 7.64. The van der Waals surface area contributed by atoms with E-state index in [0.29, 0.717) is 29.1 Å². The normalized spacial score (nSPS) is 33.0. The van der Waals surface area contributed by atoms with Crippen molar-refractivity contribution in [2.45, 2.75) is 56.6 Å². The molecule has 3 unspecified atom stereocenters. The summed E-state index contributed by atoms with van der Waals surface area (Å²) in [5, 5.41) is 4.16. The maximum atomic E-state index is 6.14. The highest BCUT2D eigenvalue weighted by Crippen LogP contribution is 2.39. The van der Waals surface area contributed by atoms with Gasteiger partial charge in [0.2, 0.25) is 0 Å². The Balaban J connectivity index is 1.52. The van der Waals surface area contributed by atoms with Crippen LogP contribution in [-0.2, 0) is 4.74 Å². The van der Waals surface area contributed by atoms with Gasteiger partial charge in [-0.25, -0.2) is 9.97 Å². The molecule has 0 aromatic carbocycles. The van der Waals surface area contributed by atoms with Crippen molar-refractivity contribution in [3.63, 3.8) is 0 Å². The average Bonchev–Trinajstić information content (AvgIpc) is 3.17. The summed E-state index contributed by atoms with van der Waals surface area (Å²) in [6, 6.07) is 2.32. The molecule has 3 aliphatic rings. The van der Waals surface area contributed by atoms with Crippen molar-refractivity contribution in [1.82, 2.24) is 9.97 Å². The van der Waals surface area contributed by atoms with Gasteiger partial charge in [-0.05, 0) is 38.5 Å². The van der Waals surface area contributed by atoms with Gasteiger partial charge in [0.15, 0.2) is 0 Å². The zero-order chi connectivity index (χ0) is 13.5. The second kappa shape index (κ2) is 5.15. The van der Waals surface area contributed by atoms with E-state index in [-0.39, 0.29) is 0 Å². The van der Waals surface area contributed by atoms with Crippen molar-refractivity contribution in [1.29, 1.82) is 0 Å². The first-order valence-corrected chi connectivity index (χ1v) is 8.10. The predicted molar refractivity (Wildman–Crippen MR) is 78.1 cm³/mol. The number of aromatic nitrogens is 2. The van der Waals surface area contributed by atoms with Gasteiger partial charge in [0.05, 0.1) is 6.10 Å². The molecule has 1 aromatic rings. The van der Waals surface area contributed by atoms with E-state index in [1.807, 2.05) is 6.07 Å². The van der Waals surface area contributed by atoms with Crippen molar-refractivity contribution < 1.29 is 4.74 Å². The van der Waals surface area contributed by atoms with Crippen LogP contribution in [0.2, 0.25) is 5.15 Å². The number of ether oxygens (including phenoxy) is 1. The first-order chi connectivity index (χ1) is 9.79. The topological polar surface area (TPSA) is 47.0 Å². The number of hydrogen-bond donors (Lipinski definition) is 1. The highest BCUT2D eigenvalue weighted by atomic mass is 35.5. The Bertz CT molecular complexity index is 506. The minimum Gasteiger partial charge on any atom is -0.378 e. The third-order valence-corrected chi connectivity index (χ3v) is 4.96. The van der Waals surface area contributed by atoms with E-state index in [1.54, 1.807) is 0 Å². The summed E-state index contributed by atoms with van der Waals surface area (Å²) in [5.74, 6) is 2.96. The standard InChI is InChI=1S/C15H20ClN3O/c16-13-8-14(19-15(18-13)9-4-5-9)17-11-2-1-3-12-10(11)6-7-20-12/h8-12H,1-7H2,(H,17,18,19). The van der Waals surface area contributed by atoms with E-state index >= 15 is 0 Å². The molecule has 4 rings (SSSR count). The molecule has 0 amide bonds. The third-order valence-electron chi connectivity index (χ3n) is 4.77. The summed E-state index contributed by atoms with van der Waals surface area (Å²) in [5.41, 5.74) is 0. The van der Waals surface area contributed by atoms with Crippen LogP contribution in [0.1, 0.15) is 50.3 Å². The molecule has 1 saturated heterocycles. The third kappa shape index (κ3) is 2.51. The smallest absolute Gasteiger partial charge is 0.135 e. The van der Waals surface area contributed by atoms with Crippen LogP contribution in [0.15, 0.2) is 6.07 Å². The molecule has 1 N–H and O–H groups in total. The van der Waals surface area contributed by atoms with E-state index in [1.165, 1.54) is 32.1 Å². The largest absolute Gasteiger partial charge is 0.378 e. The number of hydrogen-bond acceptors (Lipinski definition) is 4. The lowest BCUT2D eigenvalue weighted by Crippen LogP contribution is -2.38. The molecule has 2 saturated carbocycles. The maximum absolute atomic E-state index is 6.14. The van der Waals surface area contributed by atoms with Crippen LogP contribution in [0.5, 0.6) is 0 Å². The molecule has 2 heterocycles. The number of halogens is 1. The molecule has 0 radical (unpaired) electrons. The van der Waals surface area contributed by atoms with Crippen LogP contribution < -0.4 is 5.32 Å². The van der Waals surface area contributed by atoms with Gasteiger partial charge < -0.3 is 10.1 Å². The SMILES string of the molecule is Clc1cc(NC2CCCC3OCCC23)nc(C2CC2)n1. The van der Waals surface area contributed by atoms with Gasteiger partial charge in [0.1, 0.15) is 16.8 Å². The van der Waals surface area contributed by atoms with Gasteiger partial charge in [-0.15, -0.1) is 0 Å². The number of fused-ring (bicyclic) bond motifs is 1. The fourth-order valence-corrected chi connectivity index (χ4v) is 3.77. The van der Waals surface area contributed by atoms with Gasteiger partial charge in [-0.2, -0.15) is 0 Å². The van der Waals surface area contributed by atoms with E-state index in [9.17, 15) is 0 Å². The molecule has 1 aromatic heterocycles. The molecule has 1 aliphatic heterocycles. The van der Waals surface area contributed by atoms with Gasteiger partial charge in [0.25, 0.3) is 0 Å². The monoisotopic (exact) mass is 293 g/mol. The fraction of sp³-hybridized carbons (Fsp3) is 0.733. The van der Waals surface area contributed by atoms with E-state index in [2.05, 4.69) is 15.3 Å². The highest BCUT2D eigenvalue weighted by Gasteiger charge is 2.38. The number of rotatable bonds is 3. The zero-order valence-electron chi connectivity index (χ0n) is 11.5. The summed E-state index contributed by atoms with van der Waals surface area (Å²) in [6.45, 7) is 0.908. The Kier molecular flexibility index (Phi) is 3.31. The highest BCUT2D eigenvalue weighted by molar-refractivity contribution is 6.29. The Morgan fingerprint density at radius 1 is 1.15 bits per heavy atom. The van der Waals surface area contributed by atoms with Gasteiger partial charge in [-0.3, -0.25) is 0 Å². The van der Waals surface area contributed by atoms with Crippen LogP contribution in [0.3, 0.4) is 0 Å². The molecular formula is C15H20ClN3O. The van der Waals surface area contributed by atoms with Crippen molar-refractivity contribution >= 4 is 17.4 Å². The molecule has 3 atom stereocenters. The van der Waals surface area contributed by atoms with E-state index < -0.39 is 0 Å². The molecule has 4 nitrogen and oxygen atoms in total. The number of nitrogens with one attached hydrogen (secondary N) is 1. The van der Waals surface area contributed by atoms with Gasteiger partial charge in [0, 0.05) is 30.6 Å². The minimum atomic E-state index is 0.446. The summed E-state index contributed by atoms with van der Waals surface area (Å²) in [7, 11) is 0. The van der Waals surface area contributed by atoms with Crippen LogP contribution >= 0.6 is 11.6 Å². The van der Waals surface area contributed by atoms with Crippen LogP contribution in [0.25, 0.3) is 0 Å². The van der Waals surface area contributed by atoms with Crippen LogP contribution in [0.4, 0.5) is 5.82 Å². The summed E-state index contributed by atoms with van der Waals surface area (Å²) < 4.78 is 5.82. The lowest BCUT2D eigenvalue weighted by Gasteiger charge is -2.33. The van der Waals surface area contributed by atoms with Crippen molar-refractivity contribution in [2.75, 3.05) is 11.9 Å². The first-order valence-electron chi connectivity index (χ1n) is 7.72. The predicted octanol–water partition coefficient (Wildman–Crippen LogP) is 3.38. The van der Waals surface area contributed by atoms with Crippen molar-refractivity contribution in [2.24, 2.45) is 5.92 Å². The summed E-state index contributed by atoms with van der Waals surface area (Å²) >= 11 is 6.14. The van der Waals surface area contributed by atoms with Crippen LogP contribution in [0, 0.1) is 5.92 Å². The maximum Gasteiger partial charge on any atom is 0.135 e. The first kappa shape index (κ1) is 12.8. The summed E-state index contributed by atoms with van der Waals surface area (Å²) in [4.78, 5) is 9.00. The lowest BCUT2D eigenvalue weighted by atomic mass is 9.82. The lowest BCUT2D eigenvalue weighted by molar-refractivity contribution is 0.0619. The second-order valence-electron chi connectivity index (χ2n) is 6.25. The van der Waals surface area contributed by atoms with Crippen LogP contribution in [-0.4, -0.2) is 28.7 Å².